The SMILES string of the molecule is COc1ccc(COC(=O)c2nc(N3CCCc4c3nnc(Nc3nc5ccccc5s3)c4C)ccc2-c2cnn(CC34CC5(C)CC(C)(C3)CC(OCCN3CCNCC3)(C5)C4)c2C)cc1. The third-order valence-corrected chi connectivity index (χ3v) is 16.3. The summed E-state index contributed by atoms with van der Waals surface area (Å²) in [7, 11) is 1.64. The van der Waals surface area contributed by atoms with E-state index < -0.39 is 5.97 Å². The number of benzene rings is 2. The van der Waals surface area contributed by atoms with Gasteiger partial charge in [-0.15, -0.1) is 10.2 Å². The van der Waals surface area contributed by atoms with Gasteiger partial charge in [-0.1, -0.05) is 49.4 Å². The molecule has 0 spiro atoms. The number of aromatic nitrogens is 6. The molecule has 350 valence electrons. The number of nitrogens with zero attached hydrogens (tertiary/aromatic N) is 8. The van der Waals surface area contributed by atoms with Crippen LogP contribution in [0.25, 0.3) is 21.3 Å². The Morgan fingerprint density at radius 3 is 2.45 bits per heavy atom. The van der Waals surface area contributed by atoms with Crippen molar-refractivity contribution in [2.75, 3.05) is 63.2 Å². The minimum Gasteiger partial charge on any atom is -0.497 e. The Labute approximate surface area is 396 Å². The lowest BCUT2D eigenvalue weighted by Crippen LogP contribution is -2.64. The van der Waals surface area contributed by atoms with Crippen LogP contribution in [0.4, 0.5) is 22.6 Å². The molecule has 15 heteroatoms. The monoisotopic (exact) mass is 922 g/mol. The number of ether oxygens (including phenoxy) is 3. The van der Waals surface area contributed by atoms with Gasteiger partial charge in [0.15, 0.2) is 22.5 Å². The van der Waals surface area contributed by atoms with Crippen LogP contribution in [0.15, 0.2) is 66.9 Å². The molecule has 0 amide bonds. The molecule has 0 radical (unpaired) electrons. The summed E-state index contributed by atoms with van der Waals surface area (Å²) in [6, 6.07) is 19.7. The number of fused-ring (bicyclic) bond motifs is 2. The van der Waals surface area contributed by atoms with Crippen molar-refractivity contribution in [1.29, 1.82) is 0 Å². The van der Waals surface area contributed by atoms with Crippen molar-refractivity contribution in [3.63, 3.8) is 0 Å². The van der Waals surface area contributed by atoms with E-state index in [2.05, 4.69) is 64.0 Å². The van der Waals surface area contributed by atoms with Crippen molar-refractivity contribution >= 4 is 50.1 Å². The van der Waals surface area contributed by atoms with Gasteiger partial charge in [0.1, 0.15) is 18.2 Å². The topological polar surface area (TPSA) is 145 Å². The van der Waals surface area contributed by atoms with Gasteiger partial charge in [0.2, 0.25) is 0 Å². The molecule has 2 atom stereocenters. The lowest BCUT2D eigenvalue weighted by Gasteiger charge is -2.69. The quantitative estimate of drug-likeness (QED) is 0.100. The molecule has 6 aliphatic rings. The molecule has 4 aliphatic carbocycles. The summed E-state index contributed by atoms with van der Waals surface area (Å²) in [5.41, 5.74) is 7.14. The lowest BCUT2D eigenvalue weighted by atomic mass is 9.39. The summed E-state index contributed by atoms with van der Waals surface area (Å²) in [5.74, 6) is 2.28. The number of para-hydroxylation sites is 1. The van der Waals surface area contributed by atoms with E-state index in [-0.39, 0.29) is 34.1 Å². The number of hydrogen-bond acceptors (Lipinski definition) is 14. The van der Waals surface area contributed by atoms with Crippen LogP contribution >= 0.6 is 11.3 Å². The van der Waals surface area contributed by atoms with Gasteiger partial charge in [0.25, 0.3) is 0 Å². The third-order valence-electron chi connectivity index (χ3n) is 15.3. The Hall–Kier alpha value is -5.48. The number of carbonyl (C=O) groups is 1. The number of hydrogen-bond donors (Lipinski definition) is 2. The molecule has 4 aromatic heterocycles. The van der Waals surface area contributed by atoms with Gasteiger partial charge < -0.3 is 29.7 Å². The Bertz CT molecular complexity index is 2770. The summed E-state index contributed by atoms with van der Waals surface area (Å²) in [6.45, 7) is 16.9. The molecular weight excluding hydrogens is 861 g/mol. The van der Waals surface area contributed by atoms with Crippen molar-refractivity contribution in [2.45, 2.75) is 97.8 Å². The standard InChI is InChI=1S/C52H62N10O4S/c1-34-38-9-8-20-61(46(38)59-58-45(34)57-48-55-41-10-6-7-11-42(41)67-48)43-17-16-39(44(56-43)47(63)65-26-36-12-14-37(64-5)15-13-36)40-25-54-62(35(40)2)33-51-28-49(3)27-50(4,29-51)31-52(30-49,32-51)66-24-23-60-21-18-53-19-22-60/h6-7,10-17,25,53H,8-9,18-24,26-33H2,1-5H3,(H,55,57,58). The first-order valence-corrected chi connectivity index (χ1v) is 24.9. The highest BCUT2D eigenvalue weighted by Crippen LogP contribution is 2.72. The highest BCUT2D eigenvalue weighted by molar-refractivity contribution is 7.22. The van der Waals surface area contributed by atoms with E-state index >= 15 is 0 Å². The molecule has 6 aromatic rings. The van der Waals surface area contributed by atoms with Gasteiger partial charge in [0.05, 0.1) is 35.7 Å². The predicted molar refractivity (Wildman–Crippen MR) is 262 cm³/mol. The van der Waals surface area contributed by atoms with Crippen LogP contribution in [0.1, 0.15) is 91.7 Å². The van der Waals surface area contributed by atoms with Gasteiger partial charge in [-0.05, 0) is 123 Å². The van der Waals surface area contributed by atoms with Gasteiger partial charge in [0, 0.05) is 73.8 Å². The zero-order valence-electron chi connectivity index (χ0n) is 39.5. The maximum Gasteiger partial charge on any atom is 0.358 e. The number of piperazine rings is 1. The zero-order chi connectivity index (χ0) is 46.0. The second-order valence-electron chi connectivity index (χ2n) is 20.9. The van der Waals surface area contributed by atoms with Crippen molar-refractivity contribution in [3.05, 3.63) is 94.9 Å². The van der Waals surface area contributed by atoms with Crippen LogP contribution < -0.4 is 20.3 Å². The van der Waals surface area contributed by atoms with E-state index in [1.807, 2.05) is 60.8 Å². The Balaban J connectivity index is 0.888. The van der Waals surface area contributed by atoms with Gasteiger partial charge in [-0.25, -0.2) is 14.8 Å². The normalized spacial score (nSPS) is 25.7. The van der Waals surface area contributed by atoms with E-state index in [9.17, 15) is 4.79 Å². The van der Waals surface area contributed by atoms with Crippen LogP contribution in [0.3, 0.4) is 0 Å². The Kier molecular flexibility index (Phi) is 11.3. The number of carbonyl (C=O) groups excluding carboxylic acids is 1. The molecule has 14 nitrogen and oxygen atoms in total. The van der Waals surface area contributed by atoms with Gasteiger partial charge in [-0.2, -0.15) is 5.10 Å². The number of thiazole rings is 1. The van der Waals surface area contributed by atoms with Crippen LogP contribution in [-0.2, 0) is 29.0 Å². The van der Waals surface area contributed by atoms with Crippen molar-refractivity contribution in [3.8, 4) is 16.9 Å². The minimum atomic E-state index is -0.503. The largest absolute Gasteiger partial charge is 0.497 e. The molecule has 2 N–H and O–H groups in total. The highest BCUT2D eigenvalue weighted by Gasteiger charge is 2.66. The van der Waals surface area contributed by atoms with Crippen molar-refractivity contribution in [2.24, 2.45) is 16.2 Å². The summed E-state index contributed by atoms with van der Waals surface area (Å²) in [6.07, 6.45) is 10.6. The summed E-state index contributed by atoms with van der Waals surface area (Å²) >= 11 is 1.59. The maximum atomic E-state index is 14.4. The number of nitrogens with one attached hydrogen (secondary N) is 2. The lowest BCUT2D eigenvalue weighted by molar-refractivity contribution is -0.249. The molecular formula is C52H62N10O4S. The number of esters is 1. The van der Waals surface area contributed by atoms with E-state index in [0.29, 0.717) is 23.7 Å². The first-order chi connectivity index (χ1) is 32.4. The molecule has 2 unspecified atom stereocenters. The average molecular weight is 923 g/mol. The summed E-state index contributed by atoms with van der Waals surface area (Å²) < 4.78 is 21.8. The van der Waals surface area contributed by atoms with Gasteiger partial charge in [-0.3, -0.25) is 9.58 Å². The second-order valence-corrected chi connectivity index (χ2v) is 22.0. The van der Waals surface area contributed by atoms with Crippen LogP contribution in [-0.4, -0.2) is 99.4 Å². The minimum absolute atomic E-state index is 0.0637. The molecule has 4 saturated carbocycles. The molecule has 67 heavy (non-hydrogen) atoms. The number of pyridine rings is 1. The van der Waals surface area contributed by atoms with Crippen molar-refractivity contribution < 1.29 is 19.0 Å². The zero-order valence-corrected chi connectivity index (χ0v) is 40.3. The Morgan fingerprint density at radius 1 is 0.881 bits per heavy atom. The predicted octanol–water partition coefficient (Wildman–Crippen LogP) is 9.20. The first-order valence-electron chi connectivity index (χ1n) is 24.1. The van der Waals surface area contributed by atoms with E-state index in [0.717, 1.165) is 133 Å². The smallest absolute Gasteiger partial charge is 0.358 e. The number of methoxy groups -OCH3 is 1. The van der Waals surface area contributed by atoms with Crippen molar-refractivity contribution in [1.82, 2.24) is 40.2 Å². The Morgan fingerprint density at radius 2 is 1.67 bits per heavy atom. The molecule has 6 heterocycles. The van der Waals surface area contributed by atoms with E-state index in [1.165, 1.54) is 19.3 Å². The third kappa shape index (κ3) is 8.57. The highest BCUT2D eigenvalue weighted by atomic mass is 32.1. The molecule has 4 bridgehead atoms. The molecule has 1 saturated heterocycles. The average Bonchev–Trinajstić information content (AvgIpc) is 3.89. The molecule has 2 aliphatic heterocycles. The molecule has 2 aromatic carbocycles. The summed E-state index contributed by atoms with van der Waals surface area (Å²) in [4.78, 5) is 29.0. The fourth-order valence-electron chi connectivity index (χ4n) is 13.5. The van der Waals surface area contributed by atoms with Crippen LogP contribution in [0, 0.1) is 30.1 Å². The first kappa shape index (κ1) is 44.1. The number of rotatable bonds is 14. The van der Waals surface area contributed by atoms with Crippen LogP contribution in [0.2, 0.25) is 0 Å². The fourth-order valence-corrected chi connectivity index (χ4v) is 14.4. The second kappa shape index (κ2) is 17.2. The van der Waals surface area contributed by atoms with E-state index in [4.69, 9.17) is 34.4 Å². The summed E-state index contributed by atoms with van der Waals surface area (Å²) in [5, 5.41) is 22.3. The molecule has 5 fully saturated rings. The van der Waals surface area contributed by atoms with E-state index in [1.54, 1.807) is 18.4 Å². The fraction of sp³-hybridized carbons (Fsp3) is 0.500. The van der Waals surface area contributed by atoms with Gasteiger partial charge >= 0.3 is 5.97 Å². The maximum absolute atomic E-state index is 14.4. The van der Waals surface area contributed by atoms with Crippen LogP contribution in [0.5, 0.6) is 5.75 Å². The molecule has 12 rings (SSSR count). The number of anilines is 4.